The van der Waals surface area contributed by atoms with Crippen LogP contribution >= 0.6 is 0 Å². The normalized spacial score (nSPS) is 16.8. The van der Waals surface area contributed by atoms with Gasteiger partial charge in [0.15, 0.2) is 0 Å². The standard InChI is InChI=1S/C19H24N2O3/c1-12-13(2)20-16-8-7-14(11-15(12)16)17(22)21-19(18(23)24-3)9-5-4-6-10-19/h7-8,11,20H,4-6,9-10H2,1-3H3,(H,21,22). The van der Waals surface area contributed by atoms with Gasteiger partial charge < -0.3 is 15.0 Å². The number of hydrogen-bond acceptors (Lipinski definition) is 3. The maximum Gasteiger partial charge on any atom is 0.331 e. The van der Waals surface area contributed by atoms with Gasteiger partial charge in [0.1, 0.15) is 5.54 Å². The van der Waals surface area contributed by atoms with E-state index in [4.69, 9.17) is 4.74 Å². The van der Waals surface area contributed by atoms with Gasteiger partial charge in [-0.3, -0.25) is 4.79 Å². The van der Waals surface area contributed by atoms with Crippen molar-refractivity contribution in [2.75, 3.05) is 7.11 Å². The number of carbonyl (C=O) groups excluding carboxylic acids is 2. The number of aryl methyl sites for hydroxylation is 2. The molecule has 128 valence electrons. The van der Waals surface area contributed by atoms with Crippen LogP contribution in [0.3, 0.4) is 0 Å². The zero-order valence-corrected chi connectivity index (χ0v) is 14.5. The molecule has 2 aromatic rings. The minimum atomic E-state index is -0.887. The molecule has 1 amide bonds. The molecule has 1 saturated carbocycles. The van der Waals surface area contributed by atoms with E-state index in [2.05, 4.69) is 10.3 Å². The fourth-order valence-corrected chi connectivity index (χ4v) is 3.62. The zero-order chi connectivity index (χ0) is 17.3. The average molecular weight is 328 g/mol. The summed E-state index contributed by atoms with van der Waals surface area (Å²) in [6.45, 7) is 4.05. The average Bonchev–Trinajstić information content (AvgIpc) is 2.88. The van der Waals surface area contributed by atoms with Crippen LogP contribution in [-0.4, -0.2) is 29.5 Å². The van der Waals surface area contributed by atoms with E-state index >= 15 is 0 Å². The SMILES string of the molecule is COC(=O)C1(NC(=O)c2ccc3[nH]c(C)c(C)c3c2)CCCCC1. The molecule has 0 spiro atoms. The first-order valence-corrected chi connectivity index (χ1v) is 8.47. The number of hydrogen-bond donors (Lipinski definition) is 2. The lowest BCUT2D eigenvalue weighted by atomic mass is 9.81. The zero-order valence-electron chi connectivity index (χ0n) is 14.5. The topological polar surface area (TPSA) is 71.2 Å². The number of rotatable bonds is 3. The summed E-state index contributed by atoms with van der Waals surface area (Å²) >= 11 is 0. The molecule has 1 fully saturated rings. The Labute approximate surface area is 141 Å². The number of benzene rings is 1. The molecule has 5 nitrogen and oxygen atoms in total. The lowest BCUT2D eigenvalue weighted by Crippen LogP contribution is -2.56. The van der Waals surface area contributed by atoms with Crippen molar-refractivity contribution in [2.45, 2.75) is 51.5 Å². The Bertz CT molecular complexity index is 785. The number of esters is 1. The predicted octanol–water partition coefficient (Wildman–Crippen LogP) is 3.39. The van der Waals surface area contributed by atoms with Crippen LogP contribution in [0, 0.1) is 13.8 Å². The van der Waals surface area contributed by atoms with Crippen molar-refractivity contribution in [3.8, 4) is 0 Å². The van der Waals surface area contributed by atoms with Crippen LogP contribution in [-0.2, 0) is 9.53 Å². The molecule has 1 aliphatic rings. The number of H-pyrrole nitrogens is 1. The van der Waals surface area contributed by atoms with E-state index in [-0.39, 0.29) is 11.9 Å². The van der Waals surface area contributed by atoms with E-state index in [1.54, 1.807) is 6.07 Å². The maximum absolute atomic E-state index is 12.8. The molecule has 1 heterocycles. The van der Waals surface area contributed by atoms with Gasteiger partial charge in [-0.2, -0.15) is 0 Å². The number of fused-ring (bicyclic) bond motifs is 1. The van der Waals surface area contributed by atoms with Gasteiger partial charge in [0.25, 0.3) is 5.91 Å². The summed E-state index contributed by atoms with van der Waals surface area (Å²) in [6.07, 6.45) is 4.20. The van der Waals surface area contributed by atoms with Gasteiger partial charge in [0.2, 0.25) is 0 Å². The van der Waals surface area contributed by atoms with E-state index in [1.807, 2.05) is 26.0 Å². The van der Waals surface area contributed by atoms with Crippen molar-refractivity contribution >= 4 is 22.8 Å². The molecule has 2 N–H and O–H groups in total. The van der Waals surface area contributed by atoms with E-state index in [0.29, 0.717) is 18.4 Å². The van der Waals surface area contributed by atoms with E-state index in [9.17, 15) is 9.59 Å². The van der Waals surface area contributed by atoms with E-state index < -0.39 is 5.54 Å². The molecule has 0 aliphatic heterocycles. The minimum Gasteiger partial charge on any atom is -0.467 e. The van der Waals surface area contributed by atoms with Gasteiger partial charge >= 0.3 is 5.97 Å². The summed E-state index contributed by atoms with van der Waals surface area (Å²) in [6, 6.07) is 5.59. The largest absolute Gasteiger partial charge is 0.467 e. The number of carbonyl (C=O) groups is 2. The third kappa shape index (κ3) is 2.79. The fraction of sp³-hybridized carbons (Fsp3) is 0.474. The Kier molecular flexibility index (Phi) is 4.35. The summed E-state index contributed by atoms with van der Waals surface area (Å²) in [7, 11) is 1.38. The van der Waals surface area contributed by atoms with Crippen molar-refractivity contribution in [3.63, 3.8) is 0 Å². The molecule has 0 radical (unpaired) electrons. The molecule has 1 aromatic heterocycles. The Morgan fingerprint density at radius 3 is 2.54 bits per heavy atom. The lowest BCUT2D eigenvalue weighted by molar-refractivity contribution is -0.149. The maximum atomic E-state index is 12.8. The second kappa shape index (κ2) is 6.30. The molecule has 5 heteroatoms. The lowest BCUT2D eigenvalue weighted by Gasteiger charge is -2.35. The van der Waals surface area contributed by atoms with Crippen molar-refractivity contribution in [2.24, 2.45) is 0 Å². The van der Waals surface area contributed by atoms with Gasteiger partial charge in [-0.25, -0.2) is 4.79 Å². The molecule has 0 bridgehead atoms. The minimum absolute atomic E-state index is 0.220. The number of amides is 1. The van der Waals surface area contributed by atoms with Crippen molar-refractivity contribution in [3.05, 3.63) is 35.0 Å². The molecule has 1 aliphatic carbocycles. The molecule has 0 atom stereocenters. The quantitative estimate of drug-likeness (QED) is 0.848. The van der Waals surface area contributed by atoms with Gasteiger partial charge in [0, 0.05) is 22.2 Å². The highest BCUT2D eigenvalue weighted by molar-refractivity contribution is 6.01. The highest BCUT2D eigenvalue weighted by atomic mass is 16.5. The van der Waals surface area contributed by atoms with E-state index in [1.165, 1.54) is 7.11 Å². The highest BCUT2D eigenvalue weighted by Crippen LogP contribution is 2.30. The molecular weight excluding hydrogens is 304 g/mol. The predicted molar refractivity (Wildman–Crippen MR) is 93.1 cm³/mol. The van der Waals surface area contributed by atoms with Gasteiger partial charge in [-0.05, 0) is 50.5 Å². The summed E-state index contributed by atoms with van der Waals surface area (Å²) in [4.78, 5) is 28.4. The molecule has 1 aromatic carbocycles. The Balaban J connectivity index is 1.90. The van der Waals surface area contributed by atoms with Crippen molar-refractivity contribution in [1.82, 2.24) is 10.3 Å². The summed E-state index contributed by atoms with van der Waals surface area (Å²) in [5.41, 5.74) is 2.93. The number of aromatic amines is 1. The van der Waals surface area contributed by atoms with E-state index in [0.717, 1.165) is 41.4 Å². The third-order valence-corrected chi connectivity index (χ3v) is 5.21. The van der Waals surface area contributed by atoms with Crippen LogP contribution in [0.5, 0.6) is 0 Å². The van der Waals surface area contributed by atoms with Gasteiger partial charge in [0.05, 0.1) is 7.11 Å². The highest BCUT2D eigenvalue weighted by Gasteiger charge is 2.42. The first kappa shape index (κ1) is 16.6. The van der Waals surface area contributed by atoms with Crippen LogP contribution < -0.4 is 5.32 Å². The van der Waals surface area contributed by atoms with Crippen LogP contribution in [0.25, 0.3) is 10.9 Å². The summed E-state index contributed by atoms with van der Waals surface area (Å²) < 4.78 is 4.96. The summed E-state index contributed by atoms with van der Waals surface area (Å²) in [5.74, 6) is -0.562. The fourth-order valence-electron chi connectivity index (χ4n) is 3.62. The molecule has 3 rings (SSSR count). The number of aromatic nitrogens is 1. The van der Waals surface area contributed by atoms with Gasteiger partial charge in [-0.1, -0.05) is 19.3 Å². The molecule has 0 unspecified atom stereocenters. The molecule has 24 heavy (non-hydrogen) atoms. The first-order valence-electron chi connectivity index (χ1n) is 8.47. The Morgan fingerprint density at radius 2 is 1.88 bits per heavy atom. The second-order valence-electron chi connectivity index (χ2n) is 6.72. The van der Waals surface area contributed by atoms with Crippen LogP contribution in [0.2, 0.25) is 0 Å². The molecule has 0 saturated heterocycles. The first-order chi connectivity index (χ1) is 11.5. The molecular formula is C19H24N2O3. The third-order valence-electron chi connectivity index (χ3n) is 5.21. The number of ether oxygens (including phenoxy) is 1. The van der Waals surface area contributed by atoms with Crippen LogP contribution in [0.15, 0.2) is 18.2 Å². The summed E-state index contributed by atoms with van der Waals surface area (Å²) in [5, 5.41) is 4.00. The monoisotopic (exact) mass is 328 g/mol. The Morgan fingerprint density at radius 1 is 1.17 bits per heavy atom. The van der Waals surface area contributed by atoms with Crippen LogP contribution in [0.4, 0.5) is 0 Å². The second-order valence-corrected chi connectivity index (χ2v) is 6.72. The van der Waals surface area contributed by atoms with Crippen molar-refractivity contribution < 1.29 is 14.3 Å². The van der Waals surface area contributed by atoms with Crippen molar-refractivity contribution in [1.29, 1.82) is 0 Å². The number of methoxy groups -OCH3 is 1. The Hall–Kier alpha value is -2.30. The van der Waals surface area contributed by atoms with Crippen LogP contribution in [0.1, 0.15) is 53.7 Å². The smallest absolute Gasteiger partial charge is 0.331 e. The van der Waals surface area contributed by atoms with Gasteiger partial charge in [-0.15, -0.1) is 0 Å². The number of nitrogens with one attached hydrogen (secondary N) is 2.